The first kappa shape index (κ1) is 26.3. The molecule has 5 nitrogen and oxygen atoms in total. The van der Waals surface area contributed by atoms with Crippen LogP contribution in [0.2, 0.25) is 0 Å². The Bertz CT molecular complexity index is 1270. The van der Waals surface area contributed by atoms with Gasteiger partial charge >= 0.3 is 5.97 Å². The maximum atomic E-state index is 12.3. The summed E-state index contributed by atoms with van der Waals surface area (Å²) in [5.74, 6) is -0.114. The highest BCUT2D eigenvalue weighted by molar-refractivity contribution is 5.71. The molecule has 3 aromatic carbocycles. The van der Waals surface area contributed by atoms with Gasteiger partial charge in [0.15, 0.2) is 0 Å². The minimum Gasteiger partial charge on any atom is -0.491 e. The molecule has 0 aromatic heterocycles. The second-order valence-corrected chi connectivity index (χ2v) is 12.2. The molecular weight excluding hydrogens is 476 g/mol. The number of hydrogen-bond donors (Lipinski definition) is 1. The van der Waals surface area contributed by atoms with Crippen LogP contribution in [-0.2, 0) is 21.4 Å². The van der Waals surface area contributed by atoms with Crippen molar-refractivity contribution in [2.45, 2.75) is 70.7 Å². The molecule has 3 aromatic rings. The number of fused-ring (bicyclic) bond motifs is 3. The summed E-state index contributed by atoms with van der Waals surface area (Å²) in [6, 6.07) is 24.7. The number of carboxylic acids is 1. The average molecular weight is 515 g/mol. The minimum atomic E-state index is -0.862. The van der Waals surface area contributed by atoms with Crippen LogP contribution < -0.4 is 9.47 Å². The SMILES string of the molecule is CC(C)(C)c1ccc(OC[C@@H]2O[C@@H]3c4cc(Cc5ccccc5)ccc4OC(C)(C)[C@H]3C[C@H]2C(=O)O)cc1. The minimum absolute atomic E-state index is 0.0526. The van der Waals surface area contributed by atoms with E-state index >= 15 is 0 Å². The van der Waals surface area contributed by atoms with Crippen LogP contribution in [0.15, 0.2) is 72.8 Å². The number of rotatable bonds is 6. The number of carbonyl (C=O) groups is 1. The van der Waals surface area contributed by atoms with E-state index in [1.807, 2.05) is 50.2 Å². The molecule has 0 unspecified atom stereocenters. The largest absolute Gasteiger partial charge is 0.491 e. The molecular formula is C33H38O5. The van der Waals surface area contributed by atoms with Crippen LogP contribution in [0.1, 0.15) is 69.4 Å². The third-order valence-corrected chi connectivity index (χ3v) is 7.99. The summed E-state index contributed by atoms with van der Waals surface area (Å²) in [6.45, 7) is 10.7. The fourth-order valence-corrected chi connectivity index (χ4v) is 5.72. The van der Waals surface area contributed by atoms with E-state index in [1.54, 1.807) is 0 Å². The van der Waals surface area contributed by atoms with Crippen molar-refractivity contribution in [1.82, 2.24) is 0 Å². The summed E-state index contributed by atoms with van der Waals surface area (Å²) < 4.78 is 19.2. The molecule has 2 aliphatic rings. The molecule has 2 heterocycles. The average Bonchev–Trinajstić information content (AvgIpc) is 2.87. The van der Waals surface area contributed by atoms with E-state index < -0.39 is 23.6 Å². The van der Waals surface area contributed by atoms with Crippen molar-refractivity contribution in [3.05, 3.63) is 95.1 Å². The monoisotopic (exact) mass is 514 g/mol. The van der Waals surface area contributed by atoms with E-state index in [1.165, 1.54) is 16.7 Å². The van der Waals surface area contributed by atoms with E-state index in [-0.39, 0.29) is 24.0 Å². The molecule has 0 spiro atoms. The Morgan fingerprint density at radius 1 is 1.00 bits per heavy atom. The molecule has 0 bridgehead atoms. The molecule has 200 valence electrons. The van der Waals surface area contributed by atoms with Gasteiger partial charge in [-0.05, 0) is 73.1 Å². The lowest BCUT2D eigenvalue weighted by atomic mass is 9.71. The van der Waals surface area contributed by atoms with Crippen molar-refractivity contribution in [3.8, 4) is 11.5 Å². The molecule has 0 saturated carbocycles. The lowest BCUT2D eigenvalue weighted by molar-refractivity contribution is -0.192. The van der Waals surface area contributed by atoms with Gasteiger partial charge in [-0.15, -0.1) is 0 Å². The molecule has 5 heteroatoms. The highest BCUT2D eigenvalue weighted by Crippen LogP contribution is 2.52. The molecule has 4 atom stereocenters. The molecule has 38 heavy (non-hydrogen) atoms. The van der Waals surface area contributed by atoms with Gasteiger partial charge in [0.1, 0.15) is 29.8 Å². The van der Waals surface area contributed by atoms with Crippen molar-refractivity contribution in [2.24, 2.45) is 11.8 Å². The molecule has 0 aliphatic carbocycles. The van der Waals surface area contributed by atoms with E-state index in [0.29, 0.717) is 12.2 Å². The van der Waals surface area contributed by atoms with Gasteiger partial charge in [-0.3, -0.25) is 4.79 Å². The van der Waals surface area contributed by atoms with Crippen molar-refractivity contribution in [2.75, 3.05) is 6.61 Å². The van der Waals surface area contributed by atoms with Crippen LogP contribution in [0.5, 0.6) is 11.5 Å². The summed E-state index contributed by atoms with van der Waals surface area (Å²) in [6.07, 6.45) is 0.434. The number of carboxylic acid groups (broad SMARTS) is 1. The quantitative estimate of drug-likeness (QED) is 0.385. The van der Waals surface area contributed by atoms with Gasteiger partial charge in [-0.25, -0.2) is 0 Å². The van der Waals surface area contributed by atoms with E-state index in [2.05, 4.69) is 57.2 Å². The Balaban J connectivity index is 1.39. The Morgan fingerprint density at radius 2 is 1.71 bits per heavy atom. The summed E-state index contributed by atoms with van der Waals surface area (Å²) in [7, 11) is 0. The Kier molecular flexibility index (Phi) is 6.99. The number of ether oxygens (including phenoxy) is 3. The number of aliphatic carboxylic acids is 1. The molecule has 1 N–H and O–H groups in total. The molecule has 0 radical (unpaired) electrons. The number of hydrogen-bond acceptors (Lipinski definition) is 4. The number of benzene rings is 3. The first-order valence-electron chi connectivity index (χ1n) is 13.5. The maximum absolute atomic E-state index is 12.3. The van der Waals surface area contributed by atoms with Crippen LogP contribution >= 0.6 is 0 Å². The Labute approximate surface area is 225 Å². The lowest BCUT2D eigenvalue weighted by Crippen LogP contribution is -2.53. The normalized spacial score (nSPS) is 24.0. The molecule has 2 aliphatic heterocycles. The summed E-state index contributed by atoms with van der Waals surface area (Å²) >= 11 is 0. The molecule has 5 rings (SSSR count). The zero-order valence-electron chi connectivity index (χ0n) is 22.9. The topological polar surface area (TPSA) is 65.0 Å². The van der Waals surface area contributed by atoms with Gasteiger partial charge in [0.2, 0.25) is 0 Å². The van der Waals surface area contributed by atoms with Gasteiger partial charge in [0.25, 0.3) is 0 Å². The lowest BCUT2D eigenvalue weighted by Gasteiger charge is -2.50. The highest BCUT2D eigenvalue weighted by Gasteiger charge is 2.52. The fourth-order valence-electron chi connectivity index (χ4n) is 5.72. The first-order chi connectivity index (χ1) is 18.0. The third kappa shape index (κ3) is 5.44. The van der Waals surface area contributed by atoms with Crippen molar-refractivity contribution < 1.29 is 24.1 Å². The molecule has 1 saturated heterocycles. The van der Waals surface area contributed by atoms with Crippen LogP contribution in [0.3, 0.4) is 0 Å². The molecule has 1 fully saturated rings. The smallest absolute Gasteiger partial charge is 0.309 e. The third-order valence-electron chi connectivity index (χ3n) is 7.99. The molecule has 0 amide bonds. The maximum Gasteiger partial charge on any atom is 0.309 e. The predicted octanol–water partition coefficient (Wildman–Crippen LogP) is 6.97. The van der Waals surface area contributed by atoms with Crippen molar-refractivity contribution in [3.63, 3.8) is 0 Å². The van der Waals surface area contributed by atoms with Crippen LogP contribution in [-0.4, -0.2) is 29.4 Å². The van der Waals surface area contributed by atoms with Crippen LogP contribution in [0.25, 0.3) is 0 Å². The van der Waals surface area contributed by atoms with Crippen LogP contribution in [0.4, 0.5) is 0 Å². The predicted molar refractivity (Wildman–Crippen MR) is 148 cm³/mol. The second-order valence-electron chi connectivity index (χ2n) is 12.2. The van der Waals surface area contributed by atoms with Gasteiger partial charge in [0.05, 0.1) is 12.0 Å². The summed E-state index contributed by atoms with van der Waals surface area (Å²) in [5, 5.41) is 10.1. The fraction of sp³-hybridized carbons (Fsp3) is 0.424. The summed E-state index contributed by atoms with van der Waals surface area (Å²) in [5.41, 5.74) is 4.12. The van der Waals surface area contributed by atoms with Crippen LogP contribution in [0, 0.1) is 11.8 Å². The second kappa shape index (κ2) is 10.1. The van der Waals surface area contributed by atoms with Gasteiger partial charge in [0, 0.05) is 11.5 Å². The van der Waals surface area contributed by atoms with E-state index in [9.17, 15) is 9.90 Å². The summed E-state index contributed by atoms with van der Waals surface area (Å²) in [4.78, 5) is 12.3. The van der Waals surface area contributed by atoms with E-state index in [4.69, 9.17) is 14.2 Å². The zero-order valence-corrected chi connectivity index (χ0v) is 22.9. The van der Waals surface area contributed by atoms with Gasteiger partial charge in [-0.2, -0.15) is 0 Å². The van der Waals surface area contributed by atoms with Crippen molar-refractivity contribution in [1.29, 1.82) is 0 Å². The van der Waals surface area contributed by atoms with Gasteiger partial charge in [-0.1, -0.05) is 69.3 Å². The Morgan fingerprint density at radius 3 is 2.37 bits per heavy atom. The zero-order chi connectivity index (χ0) is 27.1. The van der Waals surface area contributed by atoms with Crippen molar-refractivity contribution >= 4 is 5.97 Å². The van der Waals surface area contributed by atoms with E-state index in [0.717, 1.165) is 17.7 Å². The first-order valence-corrected chi connectivity index (χ1v) is 13.5. The van der Waals surface area contributed by atoms with Gasteiger partial charge < -0.3 is 19.3 Å². The Hall–Kier alpha value is -3.31. The highest BCUT2D eigenvalue weighted by atomic mass is 16.6. The standard InChI is InChI=1S/C33H38O5/c1-32(2,3)23-12-14-24(15-13-23)36-20-29-26(31(34)35)19-27-30(37-29)25-18-22(17-21-9-7-6-8-10-21)11-16-28(25)38-33(27,4)5/h6-16,18,26-27,29-30H,17,19-20H2,1-5H3,(H,34,35)/t26-,27+,29+,30-/m1/s1.